The number of carbonyl (C=O) groups excluding carboxylic acids is 1. The summed E-state index contributed by atoms with van der Waals surface area (Å²) in [5.41, 5.74) is 2.47. The van der Waals surface area contributed by atoms with E-state index in [-0.39, 0.29) is 42.1 Å². The van der Waals surface area contributed by atoms with E-state index in [1.807, 2.05) is 11.8 Å². The van der Waals surface area contributed by atoms with Crippen LogP contribution in [-0.2, 0) is 0 Å². The molecular weight excluding hydrogens is 440 g/mol. The quantitative estimate of drug-likeness (QED) is 0.703. The molecule has 2 N–H and O–H groups in total. The molecule has 2 saturated heterocycles. The van der Waals surface area contributed by atoms with E-state index in [0.717, 1.165) is 5.70 Å². The highest BCUT2D eigenvalue weighted by Crippen LogP contribution is 2.28. The third-order valence-electron chi connectivity index (χ3n) is 5.66. The van der Waals surface area contributed by atoms with Gasteiger partial charge >= 0.3 is 0 Å². The van der Waals surface area contributed by atoms with Gasteiger partial charge in [-0.15, -0.1) is 0 Å². The molecule has 0 radical (unpaired) electrons. The third-order valence-corrected chi connectivity index (χ3v) is 6.22. The van der Waals surface area contributed by atoms with Crippen molar-refractivity contribution in [1.29, 1.82) is 5.41 Å². The number of benzene rings is 1. The minimum atomic E-state index is -0.510. The molecule has 0 saturated carbocycles. The minimum Gasteiger partial charge on any atom is -0.487 e. The number of carbonyl (C=O) groups is 1. The summed E-state index contributed by atoms with van der Waals surface area (Å²) in [5, 5.41) is 12.0. The Balaban J connectivity index is 1.52. The summed E-state index contributed by atoms with van der Waals surface area (Å²) in [7, 11) is 0. The zero-order valence-corrected chi connectivity index (χ0v) is 18.6. The summed E-state index contributed by atoms with van der Waals surface area (Å²) < 4.78 is 32.2. The van der Waals surface area contributed by atoms with Gasteiger partial charge in [0.2, 0.25) is 0 Å². The maximum atomic E-state index is 13.9. The average molecular weight is 464 g/mol. The van der Waals surface area contributed by atoms with Crippen LogP contribution >= 0.6 is 11.6 Å². The van der Waals surface area contributed by atoms with Crippen molar-refractivity contribution >= 4 is 28.9 Å². The van der Waals surface area contributed by atoms with Gasteiger partial charge < -0.3 is 20.4 Å². The summed E-state index contributed by atoms with van der Waals surface area (Å²) in [4.78, 5) is 21.1. The molecule has 3 aliphatic heterocycles. The maximum absolute atomic E-state index is 13.9. The van der Waals surface area contributed by atoms with E-state index in [0.29, 0.717) is 41.8 Å². The number of ether oxygens (including phenoxy) is 1. The largest absolute Gasteiger partial charge is 0.487 e. The van der Waals surface area contributed by atoms with Gasteiger partial charge in [-0.05, 0) is 26.0 Å². The summed E-state index contributed by atoms with van der Waals surface area (Å²) in [6, 6.07) is 3.80. The van der Waals surface area contributed by atoms with E-state index in [2.05, 4.69) is 10.3 Å². The second kappa shape index (κ2) is 8.99. The molecule has 170 valence electrons. The first-order valence-electron chi connectivity index (χ1n) is 10.3. The number of hydrogen-bond donors (Lipinski definition) is 2. The van der Waals surface area contributed by atoms with Crippen LogP contribution in [0.1, 0.15) is 24.2 Å². The number of allylic oxidation sites excluding steroid dienone is 2. The Morgan fingerprint density at radius 3 is 2.78 bits per heavy atom. The molecule has 1 aromatic carbocycles. The van der Waals surface area contributed by atoms with Crippen molar-refractivity contribution in [1.82, 2.24) is 15.1 Å². The van der Waals surface area contributed by atoms with Crippen LogP contribution in [0.15, 0.2) is 45.3 Å². The molecule has 7 nitrogen and oxygen atoms in total. The highest BCUT2D eigenvalue weighted by Gasteiger charge is 2.33. The van der Waals surface area contributed by atoms with Crippen molar-refractivity contribution in [2.45, 2.75) is 20.0 Å². The Labute approximate surface area is 189 Å². The van der Waals surface area contributed by atoms with Crippen molar-refractivity contribution < 1.29 is 18.3 Å². The molecule has 0 bridgehead atoms. The van der Waals surface area contributed by atoms with Gasteiger partial charge in [-0.2, -0.15) is 0 Å². The van der Waals surface area contributed by atoms with Gasteiger partial charge in [-0.3, -0.25) is 9.69 Å². The minimum absolute atomic E-state index is 0.106. The molecule has 0 atom stereocenters. The number of amides is 1. The molecule has 3 heterocycles. The molecule has 0 unspecified atom stereocenters. The van der Waals surface area contributed by atoms with Gasteiger partial charge in [-0.25, -0.2) is 13.8 Å². The second-order valence-corrected chi connectivity index (χ2v) is 8.43. The molecule has 1 amide bonds. The van der Waals surface area contributed by atoms with Gasteiger partial charge in [-0.1, -0.05) is 11.6 Å². The van der Waals surface area contributed by atoms with E-state index in [4.69, 9.17) is 21.7 Å². The number of rotatable bonds is 5. The van der Waals surface area contributed by atoms with Gasteiger partial charge in [0.05, 0.1) is 35.1 Å². The number of nitrogens with one attached hydrogen (secondary N) is 2. The third kappa shape index (κ3) is 4.40. The van der Waals surface area contributed by atoms with Gasteiger partial charge in [0.25, 0.3) is 5.91 Å². The predicted molar refractivity (Wildman–Crippen MR) is 119 cm³/mol. The maximum Gasteiger partial charge on any atom is 0.258 e. The standard InChI is InChI=1S/C22H24ClF2N5O2/c1-12-20(23)13(2)28-21(27-12)17-10-30(11-18(17)26)22(31)16-4-3-14(25)7-19(16)32-15-8-29(9-15)6-5-24/h3-4,7,15,26-27H,5-6,8-11H2,1-2H3/b21-17+,26-18?. The fourth-order valence-corrected chi connectivity index (χ4v) is 3.99. The molecular formula is C22H24ClF2N5O2. The van der Waals surface area contributed by atoms with Crippen molar-refractivity contribution in [3.63, 3.8) is 0 Å². The smallest absolute Gasteiger partial charge is 0.258 e. The van der Waals surface area contributed by atoms with Crippen molar-refractivity contribution in [3.05, 3.63) is 51.7 Å². The zero-order chi connectivity index (χ0) is 23.0. The molecule has 32 heavy (non-hydrogen) atoms. The van der Waals surface area contributed by atoms with Crippen LogP contribution in [0, 0.1) is 11.2 Å². The Bertz CT molecular complexity index is 1060. The number of hydrogen-bond acceptors (Lipinski definition) is 6. The van der Waals surface area contributed by atoms with E-state index >= 15 is 0 Å². The number of halogens is 3. The summed E-state index contributed by atoms with van der Waals surface area (Å²) in [5.74, 6) is -0.212. The van der Waals surface area contributed by atoms with Gasteiger partial charge in [0.1, 0.15) is 30.2 Å². The highest BCUT2D eigenvalue weighted by molar-refractivity contribution is 6.43. The molecule has 1 aromatic rings. The van der Waals surface area contributed by atoms with Crippen LogP contribution in [0.5, 0.6) is 5.75 Å². The molecule has 3 aliphatic rings. The molecule has 10 heteroatoms. The van der Waals surface area contributed by atoms with Crippen LogP contribution in [0.4, 0.5) is 8.78 Å². The Kier molecular flexibility index (Phi) is 6.30. The molecule has 4 rings (SSSR count). The van der Waals surface area contributed by atoms with Gasteiger partial charge in [0, 0.05) is 37.0 Å². The summed E-state index contributed by atoms with van der Waals surface area (Å²) in [6.07, 6.45) is -0.229. The van der Waals surface area contributed by atoms with Crippen molar-refractivity contribution in [3.8, 4) is 5.75 Å². The topological polar surface area (TPSA) is 81.0 Å². The van der Waals surface area contributed by atoms with Gasteiger partial charge in [0.15, 0.2) is 0 Å². The number of aliphatic imine (C=N–C) groups is 1. The monoisotopic (exact) mass is 463 g/mol. The first kappa shape index (κ1) is 22.4. The lowest BCUT2D eigenvalue weighted by Crippen LogP contribution is -2.54. The first-order chi connectivity index (χ1) is 15.3. The van der Waals surface area contributed by atoms with E-state index in [1.165, 1.54) is 23.1 Å². The van der Waals surface area contributed by atoms with E-state index < -0.39 is 12.5 Å². The Morgan fingerprint density at radius 1 is 1.34 bits per heavy atom. The average Bonchev–Trinajstić information content (AvgIpc) is 3.11. The van der Waals surface area contributed by atoms with Crippen LogP contribution in [0.25, 0.3) is 0 Å². The second-order valence-electron chi connectivity index (χ2n) is 8.06. The summed E-state index contributed by atoms with van der Waals surface area (Å²) in [6.45, 7) is 4.84. The van der Waals surface area contributed by atoms with Crippen molar-refractivity contribution in [2.24, 2.45) is 4.99 Å². The molecule has 0 aromatic heterocycles. The molecule has 0 aliphatic carbocycles. The van der Waals surface area contributed by atoms with Crippen LogP contribution in [0.3, 0.4) is 0 Å². The SMILES string of the molecule is CC1=N/C(=C2\CN(C(=O)c3ccc(F)cc3OC3CN(CCF)C3)CC2=N)NC(C)=C1Cl. The lowest BCUT2D eigenvalue weighted by molar-refractivity contribution is 0.0159. The molecule has 0 spiro atoms. The fraction of sp³-hybridized carbons (Fsp3) is 0.409. The number of alkyl halides is 1. The van der Waals surface area contributed by atoms with E-state index in [9.17, 15) is 13.6 Å². The lowest BCUT2D eigenvalue weighted by atomic mass is 10.1. The fourth-order valence-electron chi connectivity index (χ4n) is 3.90. The first-order valence-corrected chi connectivity index (χ1v) is 10.7. The zero-order valence-electron chi connectivity index (χ0n) is 17.8. The predicted octanol–water partition coefficient (Wildman–Crippen LogP) is 3.08. The van der Waals surface area contributed by atoms with E-state index in [1.54, 1.807) is 6.92 Å². The highest BCUT2D eigenvalue weighted by atomic mass is 35.5. The lowest BCUT2D eigenvalue weighted by Gasteiger charge is -2.38. The Hall–Kier alpha value is -2.78. The summed E-state index contributed by atoms with van der Waals surface area (Å²) >= 11 is 6.18. The van der Waals surface area contributed by atoms with Crippen LogP contribution in [0.2, 0.25) is 0 Å². The van der Waals surface area contributed by atoms with Crippen molar-refractivity contribution in [2.75, 3.05) is 39.4 Å². The Morgan fingerprint density at radius 2 is 2.09 bits per heavy atom. The number of likely N-dealkylation sites (tertiary alicyclic amines) is 2. The molecule has 2 fully saturated rings. The number of nitrogens with zero attached hydrogens (tertiary/aromatic N) is 3. The normalized spacial score (nSPS) is 22.1. The van der Waals surface area contributed by atoms with Crippen LogP contribution in [-0.4, -0.2) is 72.6 Å². The van der Waals surface area contributed by atoms with Crippen LogP contribution < -0.4 is 10.1 Å².